The maximum atomic E-state index is 13.2. The summed E-state index contributed by atoms with van der Waals surface area (Å²) in [5.74, 6) is -0.390. The summed E-state index contributed by atoms with van der Waals surface area (Å²) in [6.45, 7) is 4.63. The summed E-state index contributed by atoms with van der Waals surface area (Å²) in [4.78, 5) is 29.5. The molecule has 0 aliphatic carbocycles. The Morgan fingerprint density at radius 2 is 1.83 bits per heavy atom. The fraction of sp³-hybridized carbons (Fsp3) is 0.312. The number of imidazole rings is 1. The molecule has 0 bridgehead atoms. The first-order valence-electron chi connectivity index (χ1n) is 7.55. The van der Waals surface area contributed by atoms with Gasteiger partial charge in [0.05, 0.1) is 12.0 Å². The Bertz CT molecular complexity index is 967. The molecule has 120 valence electrons. The second kappa shape index (κ2) is 5.83. The minimum atomic E-state index is -0.474. The van der Waals surface area contributed by atoms with E-state index in [1.54, 1.807) is 17.8 Å². The van der Waals surface area contributed by atoms with Gasteiger partial charge in [0.25, 0.3) is 5.56 Å². The van der Waals surface area contributed by atoms with E-state index in [9.17, 15) is 14.0 Å². The van der Waals surface area contributed by atoms with Crippen LogP contribution < -0.4 is 11.2 Å². The van der Waals surface area contributed by atoms with Crippen LogP contribution >= 0.6 is 0 Å². The Balaban J connectivity index is 2.43. The lowest BCUT2D eigenvalue weighted by Gasteiger charge is -2.11. The largest absolute Gasteiger partial charge is 0.337 e. The predicted molar refractivity (Wildman–Crippen MR) is 85.5 cm³/mol. The number of halogens is 1. The Morgan fingerprint density at radius 1 is 1.13 bits per heavy atom. The second-order valence-corrected chi connectivity index (χ2v) is 5.25. The van der Waals surface area contributed by atoms with Crippen molar-refractivity contribution in [3.05, 3.63) is 57.2 Å². The topological polar surface area (TPSA) is 61.8 Å². The van der Waals surface area contributed by atoms with E-state index in [1.165, 1.54) is 33.4 Å². The third-order valence-corrected chi connectivity index (χ3v) is 3.77. The molecule has 0 unspecified atom stereocenters. The quantitative estimate of drug-likeness (QED) is 0.739. The van der Waals surface area contributed by atoms with Crippen LogP contribution in [0, 0.1) is 5.82 Å². The third kappa shape index (κ3) is 2.38. The number of aryl methyl sites for hydroxylation is 1. The van der Waals surface area contributed by atoms with Crippen molar-refractivity contribution in [3.8, 4) is 5.69 Å². The van der Waals surface area contributed by atoms with Crippen LogP contribution in [0.25, 0.3) is 16.9 Å². The van der Waals surface area contributed by atoms with Gasteiger partial charge in [-0.2, -0.15) is 0 Å². The van der Waals surface area contributed by atoms with Gasteiger partial charge in [-0.15, -0.1) is 0 Å². The van der Waals surface area contributed by atoms with Gasteiger partial charge in [-0.3, -0.25) is 9.36 Å². The number of rotatable bonds is 4. The standard InChI is InChI=1S/C16H17FN4O2/c1-3-9-19-10-18-14-13(19)15(22)20(4-2)16(23)21(14)12-7-5-11(17)6-8-12/h5-8,10H,3-4,9H2,1-2H3. The predicted octanol–water partition coefficient (Wildman–Crippen LogP) is 1.92. The number of benzene rings is 1. The molecular weight excluding hydrogens is 299 g/mol. The van der Waals surface area contributed by atoms with Crippen LogP contribution in [0.3, 0.4) is 0 Å². The summed E-state index contributed by atoms with van der Waals surface area (Å²) >= 11 is 0. The third-order valence-electron chi connectivity index (χ3n) is 3.77. The molecule has 1 aromatic carbocycles. The lowest BCUT2D eigenvalue weighted by Crippen LogP contribution is -2.39. The molecule has 0 amide bonds. The van der Waals surface area contributed by atoms with Gasteiger partial charge in [0.1, 0.15) is 5.82 Å². The molecule has 0 aliphatic heterocycles. The molecular formula is C16H17FN4O2. The fourth-order valence-electron chi connectivity index (χ4n) is 2.69. The van der Waals surface area contributed by atoms with Gasteiger partial charge in [-0.25, -0.2) is 18.7 Å². The zero-order valence-corrected chi connectivity index (χ0v) is 13.0. The first kappa shape index (κ1) is 15.2. The zero-order chi connectivity index (χ0) is 16.6. The monoisotopic (exact) mass is 316 g/mol. The Kier molecular flexibility index (Phi) is 3.85. The normalized spacial score (nSPS) is 11.3. The van der Waals surface area contributed by atoms with Gasteiger partial charge in [0, 0.05) is 13.1 Å². The van der Waals surface area contributed by atoms with Crippen molar-refractivity contribution in [3.63, 3.8) is 0 Å². The number of nitrogens with zero attached hydrogens (tertiary/aromatic N) is 4. The molecule has 3 aromatic rings. The highest BCUT2D eigenvalue weighted by molar-refractivity contribution is 5.72. The van der Waals surface area contributed by atoms with Crippen LogP contribution in [0.5, 0.6) is 0 Å². The van der Waals surface area contributed by atoms with Crippen LogP contribution in [0.4, 0.5) is 4.39 Å². The van der Waals surface area contributed by atoms with E-state index in [0.717, 1.165) is 6.42 Å². The summed E-state index contributed by atoms with van der Waals surface area (Å²) < 4.78 is 17.4. The number of hydrogen-bond donors (Lipinski definition) is 0. The average Bonchev–Trinajstić information content (AvgIpc) is 2.94. The van der Waals surface area contributed by atoms with Gasteiger partial charge in [-0.05, 0) is 37.6 Å². The lowest BCUT2D eigenvalue weighted by atomic mass is 10.3. The number of aromatic nitrogens is 4. The smallest absolute Gasteiger partial charge is 0.325 e. The van der Waals surface area contributed by atoms with Crippen molar-refractivity contribution in [2.75, 3.05) is 0 Å². The van der Waals surface area contributed by atoms with Gasteiger partial charge >= 0.3 is 5.69 Å². The summed E-state index contributed by atoms with van der Waals surface area (Å²) in [7, 11) is 0. The summed E-state index contributed by atoms with van der Waals surface area (Å²) in [6, 6.07) is 5.55. The van der Waals surface area contributed by atoms with Crippen LogP contribution in [0.15, 0.2) is 40.2 Å². The molecule has 6 nitrogen and oxygen atoms in total. The van der Waals surface area contributed by atoms with E-state index < -0.39 is 11.5 Å². The first-order chi connectivity index (χ1) is 11.1. The van der Waals surface area contributed by atoms with Gasteiger partial charge in [0.2, 0.25) is 0 Å². The molecule has 0 saturated heterocycles. The summed E-state index contributed by atoms with van der Waals surface area (Å²) in [5.41, 5.74) is 0.336. The summed E-state index contributed by atoms with van der Waals surface area (Å²) in [6.07, 6.45) is 2.40. The van der Waals surface area contributed by atoms with Crippen molar-refractivity contribution >= 4 is 11.2 Å². The Morgan fingerprint density at radius 3 is 2.43 bits per heavy atom. The van der Waals surface area contributed by atoms with Crippen molar-refractivity contribution < 1.29 is 4.39 Å². The van der Waals surface area contributed by atoms with Crippen LogP contribution in [-0.2, 0) is 13.1 Å². The van der Waals surface area contributed by atoms with Gasteiger partial charge in [-0.1, -0.05) is 6.92 Å². The highest BCUT2D eigenvalue weighted by Gasteiger charge is 2.18. The molecule has 0 spiro atoms. The van der Waals surface area contributed by atoms with Crippen LogP contribution in [0.1, 0.15) is 20.3 Å². The number of hydrogen-bond acceptors (Lipinski definition) is 3. The maximum Gasteiger partial charge on any atom is 0.337 e. The molecule has 2 heterocycles. The van der Waals surface area contributed by atoms with Gasteiger partial charge < -0.3 is 4.57 Å². The summed E-state index contributed by atoms with van der Waals surface area (Å²) in [5, 5.41) is 0. The second-order valence-electron chi connectivity index (χ2n) is 5.25. The minimum Gasteiger partial charge on any atom is -0.325 e. The molecule has 0 fully saturated rings. The Hall–Kier alpha value is -2.70. The number of fused-ring (bicyclic) bond motifs is 1. The van der Waals surface area contributed by atoms with E-state index >= 15 is 0 Å². The maximum absolute atomic E-state index is 13.2. The zero-order valence-electron chi connectivity index (χ0n) is 13.0. The van der Waals surface area contributed by atoms with Gasteiger partial charge in [0.15, 0.2) is 11.2 Å². The van der Waals surface area contributed by atoms with Crippen LogP contribution in [-0.4, -0.2) is 18.7 Å². The molecule has 0 atom stereocenters. The SMILES string of the molecule is CCCn1cnc2c1c(=O)n(CC)c(=O)n2-c1ccc(F)cc1. The molecule has 0 radical (unpaired) electrons. The van der Waals surface area contributed by atoms with E-state index in [0.29, 0.717) is 23.4 Å². The molecule has 23 heavy (non-hydrogen) atoms. The molecule has 3 rings (SSSR count). The molecule has 7 heteroatoms. The van der Waals surface area contributed by atoms with E-state index in [-0.39, 0.29) is 12.1 Å². The highest BCUT2D eigenvalue weighted by Crippen LogP contribution is 2.14. The molecule has 0 saturated carbocycles. The lowest BCUT2D eigenvalue weighted by molar-refractivity contribution is 0.625. The molecule has 0 aliphatic rings. The van der Waals surface area contributed by atoms with E-state index in [2.05, 4.69) is 4.98 Å². The van der Waals surface area contributed by atoms with Crippen molar-refractivity contribution in [1.29, 1.82) is 0 Å². The van der Waals surface area contributed by atoms with Crippen molar-refractivity contribution in [2.45, 2.75) is 33.4 Å². The van der Waals surface area contributed by atoms with Crippen molar-refractivity contribution in [2.24, 2.45) is 0 Å². The minimum absolute atomic E-state index is 0.256. The van der Waals surface area contributed by atoms with Crippen LogP contribution in [0.2, 0.25) is 0 Å². The first-order valence-corrected chi connectivity index (χ1v) is 7.55. The average molecular weight is 316 g/mol. The Labute approximate surface area is 131 Å². The van der Waals surface area contributed by atoms with E-state index in [1.807, 2.05) is 6.92 Å². The van der Waals surface area contributed by atoms with Crippen molar-refractivity contribution in [1.82, 2.24) is 18.7 Å². The highest BCUT2D eigenvalue weighted by atomic mass is 19.1. The van der Waals surface area contributed by atoms with E-state index in [4.69, 9.17) is 0 Å². The fourth-order valence-corrected chi connectivity index (χ4v) is 2.69. The molecule has 0 N–H and O–H groups in total. The molecule has 2 aromatic heterocycles.